The van der Waals surface area contributed by atoms with Crippen LogP contribution >= 0.6 is 0 Å². The van der Waals surface area contributed by atoms with E-state index in [4.69, 9.17) is 4.74 Å². The van der Waals surface area contributed by atoms with Gasteiger partial charge in [-0.15, -0.1) is 0 Å². The second kappa shape index (κ2) is 8.86. The normalized spacial score (nSPS) is 13.2. The Labute approximate surface area is 180 Å². The number of amides is 1. The number of hydrogen-bond acceptors (Lipinski definition) is 3. The first kappa shape index (κ1) is 21.0. The van der Waals surface area contributed by atoms with Crippen LogP contribution < -0.4 is 4.74 Å². The molecule has 0 atom stereocenters. The van der Waals surface area contributed by atoms with Gasteiger partial charge < -0.3 is 9.64 Å². The van der Waals surface area contributed by atoms with Crippen molar-refractivity contribution in [3.05, 3.63) is 100 Å². The molecule has 31 heavy (non-hydrogen) atoms. The Morgan fingerprint density at radius 3 is 2.23 bits per heavy atom. The summed E-state index contributed by atoms with van der Waals surface area (Å²) >= 11 is 0. The molecule has 0 fully saturated rings. The summed E-state index contributed by atoms with van der Waals surface area (Å²) in [6, 6.07) is 17.3. The van der Waals surface area contributed by atoms with E-state index >= 15 is 0 Å². The molecule has 0 bridgehead atoms. The molecule has 0 aromatic heterocycles. The molecule has 3 aromatic rings. The van der Waals surface area contributed by atoms with Crippen molar-refractivity contribution in [1.29, 1.82) is 0 Å². The monoisotopic (exact) mass is 422 g/mol. The quantitative estimate of drug-likeness (QED) is 0.574. The molecule has 1 aliphatic heterocycles. The molecule has 6 heteroatoms. The van der Waals surface area contributed by atoms with Crippen molar-refractivity contribution in [2.75, 3.05) is 14.1 Å². The number of benzene rings is 3. The predicted octanol–water partition coefficient (Wildman–Crippen LogP) is 4.76. The lowest BCUT2D eigenvalue weighted by atomic mass is 10.1. The van der Waals surface area contributed by atoms with Crippen LogP contribution in [0.5, 0.6) is 5.75 Å². The molecule has 0 saturated carbocycles. The van der Waals surface area contributed by atoms with Gasteiger partial charge in [0.1, 0.15) is 12.4 Å². The second-order valence-corrected chi connectivity index (χ2v) is 7.97. The highest BCUT2D eigenvalue weighted by molar-refractivity contribution is 5.93. The minimum absolute atomic E-state index is 0.0770. The summed E-state index contributed by atoms with van der Waals surface area (Å²) in [7, 11) is 3.37. The Kier molecular flexibility index (Phi) is 6.00. The van der Waals surface area contributed by atoms with Crippen molar-refractivity contribution in [2.45, 2.75) is 26.2 Å². The Morgan fingerprint density at radius 1 is 0.968 bits per heavy atom. The average Bonchev–Trinajstić information content (AvgIpc) is 3.17. The van der Waals surface area contributed by atoms with Crippen LogP contribution in [0, 0.1) is 11.6 Å². The maximum Gasteiger partial charge on any atom is 0.253 e. The molecule has 0 aliphatic carbocycles. The summed E-state index contributed by atoms with van der Waals surface area (Å²) in [6.07, 6.45) is 0. The zero-order chi connectivity index (χ0) is 22.0. The van der Waals surface area contributed by atoms with Gasteiger partial charge in [0.15, 0.2) is 11.6 Å². The standard InChI is InChI=1S/C25H24F2N2O2/c1-28(2)25(30)18-9-7-17(8-10-18)16-31-24-12-22(26)21(11-23(24)27)15-29-13-19-5-3-4-6-20(19)14-29/h3-12H,13-16H2,1-2H3. The van der Waals surface area contributed by atoms with Gasteiger partial charge in [0.2, 0.25) is 0 Å². The summed E-state index contributed by atoms with van der Waals surface area (Å²) in [6.45, 7) is 1.86. The van der Waals surface area contributed by atoms with Crippen molar-refractivity contribution in [1.82, 2.24) is 9.80 Å². The third kappa shape index (κ3) is 4.75. The van der Waals surface area contributed by atoms with Gasteiger partial charge in [-0.3, -0.25) is 9.69 Å². The van der Waals surface area contributed by atoms with E-state index in [-0.39, 0.29) is 18.3 Å². The minimum Gasteiger partial charge on any atom is -0.486 e. The fourth-order valence-electron chi connectivity index (χ4n) is 3.72. The van der Waals surface area contributed by atoms with Gasteiger partial charge in [-0.05, 0) is 34.9 Å². The highest BCUT2D eigenvalue weighted by Gasteiger charge is 2.20. The number of fused-ring (bicyclic) bond motifs is 1. The zero-order valence-corrected chi connectivity index (χ0v) is 17.6. The first-order valence-electron chi connectivity index (χ1n) is 10.1. The summed E-state index contributed by atoms with van der Waals surface area (Å²) < 4.78 is 34.7. The lowest BCUT2D eigenvalue weighted by molar-refractivity contribution is 0.0827. The predicted molar refractivity (Wildman–Crippen MR) is 115 cm³/mol. The van der Waals surface area contributed by atoms with Gasteiger partial charge in [0.05, 0.1) is 0 Å². The number of carbonyl (C=O) groups is 1. The lowest BCUT2D eigenvalue weighted by Crippen LogP contribution is -2.21. The minimum atomic E-state index is -0.590. The van der Waals surface area contributed by atoms with Crippen molar-refractivity contribution in [3.63, 3.8) is 0 Å². The Balaban J connectivity index is 1.39. The molecule has 4 rings (SSSR count). The first-order valence-corrected chi connectivity index (χ1v) is 10.1. The van der Waals surface area contributed by atoms with E-state index in [1.807, 2.05) is 12.1 Å². The molecule has 4 nitrogen and oxygen atoms in total. The molecule has 1 heterocycles. The van der Waals surface area contributed by atoms with Crippen LogP contribution in [0.2, 0.25) is 0 Å². The van der Waals surface area contributed by atoms with Crippen LogP contribution in [-0.4, -0.2) is 29.8 Å². The third-order valence-electron chi connectivity index (χ3n) is 5.40. The number of rotatable bonds is 6. The van der Waals surface area contributed by atoms with E-state index in [1.54, 1.807) is 38.4 Å². The fourth-order valence-corrected chi connectivity index (χ4v) is 3.72. The first-order chi connectivity index (χ1) is 14.9. The van der Waals surface area contributed by atoms with Gasteiger partial charge in [0, 0.05) is 50.9 Å². The molecule has 0 spiro atoms. The van der Waals surface area contributed by atoms with Crippen molar-refractivity contribution in [2.24, 2.45) is 0 Å². The lowest BCUT2D eigenvalue weighted by Gasteiger charge is -2.16. The average molecular weight is 422 g/mol. The number of halogens is 2. The van der Waals surface area contributed by atoms with Crippen LogP contribution in [-0.2, 0) is 26.2 Å². The third-order valence-corrected chi connectivity index (χ3v) is 5.40. The number of hydrogen-bond donors (Lipinski definition) is 0. The molecule has 0 radical (unpaired) electrons. The van der Waals surface area contributed by atoms with Gasteiger partial charge in [0.25, 0.3) is 5.91 Å². The number of ether oxygens (including phenoxy) is 1. The summed E-state index contributed by atoms with van der Waals surface area (Å²) in [5.41, 5.74) is 4.07. The van der Waals surface area contributed by atoms with Crippen LogP contribution in [0.3, 0.4) is 0 Å². The SMILES string of the molecule is CN(C)C(=O)c1ccc(COc2cc(F)c(CN3Cc4ccccc4C3)cc2F)cc1. The van der Waals surface area contributed by atoms with Crippen LogP contribution in [0.4, 0.5) is 8.78 Å². The van der Waals surface area contributed by atoms with Crippen molar-refractivity contribution in [3.8, 4) is 5.75 Å². The number of nitrogens with zero attached hydrogens (tertiary/aromatic N) is 2. The van der Waals surface area contributed by atoms with E-state index in [1.165, 1.54) is 22.1 Å². The maximum atomic E-state index is 14.6. The van der Waals surface area contributed by atoms with Gasteiger partial charge in [-0.25, -0.2) is 8.78 Å². The van der Waals surface area contributed by atoms with E-state index in [0.717, 1.165) is 24.7 Å². The summed E-state index contributed by atoms with van der Waals surface area (Å²) in [5, 5.41) is 0. The molecule has 160 valence electrons. The molecule has 1 aliphatic rings. The van der Waals surface area contributed by atoms with Crippen LogP contribution in [0.15, 0.2) is 60.7 Å². The smallest absolute Gasteiger partial charge is 0.253 e. The Bertz CT molecular complexity index is 1070. The molecule has 0 unspecified atom stereocenters. The Morgan fingerprint density at radius 2 is 1.61 bits per heavy atom. The molecule has 3 aromatic carbocycles. The summed E-state index contributed by atoms with van der Waals surface area (Å²) in [4.78, 5) is 15.5. The largest absolute Gasteiger partial charge is 0.486 e. The van der Waals surface area contributed by atoms with E-state index in [2.05, 4.69) is 17.0 Å². The summed E-state index contributed by atoms with van der Waals surface area (Å²) in [5.74, 6) is -1.30. The van der Waals surface area contributed by atoms with Gasteiger partial charge >= 0.3 is 0 Å². The molecule has 1 amide bonds. The van der Waals surface area contributed by atoms with E-state index in [9.17, 15) is 13.6 Å². The molecule has 0 N–H and O–H groups in total. The van der Waals surface area contributed by atoms with Crippen LogP contribution in [0.25, 0.3) is 0 Å². The van der Waals surface area contributed by atoms with Crippen molar-refractivity contribution >= 4 is 5.91 Å². The van der Waals surface area contributed by atoms with Crippen LogP contribution in [0.1, 0.15) is 32.6 Å². The second-order valence-electron chi connectivity index (χ2n) is 7.97. The Hall–Kier alpha value is -3.25. The zero-order valence-electron chi connectivity index (χ0n) is 17.6. The fraction of sp³-hybridized carbons (Fsp3) is 0.240. The molecule has 0 saturated heterocycles. The topological polar surface area (TPSA) is 32.8 Å². The van der Waals surface area contributed by atoms with Gasteiger partial charge in [-0.1, -0.05) is 36.4 Å². The maximum absolute atomic E-state index is 14.6. The van der Waals surface area contributed by atoms with Gasteiger partial charge in [-0.2, -0.15) is 0 Å². The highest BCUT2D eigenvalue weighted by Crippen LogP contribution is 2.27. The number of carbonyl (C=O) groups excluding carboxylic acids is 1. The highest BCUT2D eigenvalue weighted by atomic mass is 19.1. The van der Waals surface area contributed by atoms with E-state index in [0.29, 0.717) is 17.7 Å². The van der Waals surface area contributed by atoms with Crippen molar-refractivity contribution < 1.29 is 18.3 Å². The molecular formula is C25H24F2N2O2. The van der Waals surface area contributed by atoms with E-state index < -0.39 is 11.6 Å². The molecular weight excluding hydrogens is 398 g/mol.